The number of carbonyl (C=O) groups is 1. The first-order valence-electron chi connectivity index (χ1n) is 4.73. The molecule has 0 bridgehead atoms. The largest absolute Gasteiger partial charge is 0.319 e. The molecule has 2 N–H and O–H groups in total. The van der Waals surface area contributed by atoms with Gasteiger partial charge in [0.25, 0.3) is 0 Å². The molecule has 0 saturated heterocycles. The summed E-state index contributed by atoms with van der Waals surface area (Å²) >= 11 is 6.02. The van der Waals surface area contributed by atoms with Gasteiger partial charge in [0.1, 0.15) is 5.15 Å². The Bertz CT molecular complexity index is 390. The van der Waals surface area contributed by atoms with E-state index in [-0.39, 0.29) is 12.2 Å². The Labute approximate surface area is 94.4 Å². The lowest BCUT2D eigenvalue weighted by Gasteiger charge is -2.16. The summed E-state index contributed by atoms with van der Waals surface area (Å²) in [4.78, 5) is 11.7. The monoisotopic (exact) mass is 229 g/mol. The van der Waals surface area contributed by atoms with Crippen LogP contribution in [0.15, 0.2) is 0 Å². The molecule has 0 saturated carbocycles. The minimum absolute atomic E-state index is 0.0412. The molecule has 0 spiro atoms. The lowest BCUT2D eigenvalue weighted by atomic mass is 9.95. The maximum atomic E-state index is 11.7. The van der Waals surface area contributed by atoms with E-state index in [0.29, 0.717) is 5.15 Å². The highest BCUT2D eigenvalue weighted by Crippen LogP contribution is 2.20. The molecule has 1 aromatic heterocycles. The molecule has 0 unspecified atom stereocenters. The zero-order chi connectivity index (χ0) is 11.8. The third-order valence-corrected chi connectivity index (χ3v) is 2.80. The van der Waals surface area contributed by atoms with E-state index in [0.717, 1.165) is 11.3 Å². The van der Waals surface area contributed by atoms with E-state index in [4.69, 9.17) is 17.3 Å². The van der Waals surface area contributed by atoms with Gasteiger partial charge in [-0.05, 0) is 20.8 Å². The third-order valence-electron chi connectivity index (χ3n) is 2.33. The fraction of sp³-hybridized carbons (Fsp3) is 0.600. The Hall–Kier alpha value is -0.870. The molecular formula is C10H16ClN3O. The smallest absolute Gasteiger partial charge is 0.156 e. The molecule has 1 rings (SSSR count). The Morgan fingerprint density at radius 2 is 2.13 bits per heavy atom. The van der Waals surface area contributed by atoms with Gasteiger partial charge in [-0.25, -0.2) is 0 Å². The number of carbonyl (C=O) groups excluding carboxylic acids is 1. The summed E-state index contributed by atoms with van der Waals surface area (Å²) in [6, 6.07) is 0. The van der Waals surface area contributed by atoms with Gasteiger partial charge in [0.2, 0.25) is 0 Å². The van der Waals surface area contributed by atoms with Gasteiger partial charge in [-0.1, -0.05) is 11.6 Å². The van der Waals surface area contributed by atoms with Crippen molar-refractivity contribution in [1.82, 2.24) is 9.78 Å². The van der Waals surface area contributed by atoms with Crippen molar-refractivity contribution in [1.29, 1.82) is 0 Å². The maximum absolute atomic E-state index is 11.7. The molecule has 4 nitrogen and oxygen atoms in total. The average molecular weight is 230 g/mol. The lowest BCUT2D eigenvalue weighted by Crippen LogP contribution is -2.42. The van der Waals surface area contributed by atoms with E-state index in [1.807, 2.05) is 6.92 Å². The number of rotatable bonds is 3. The lowest BCUT2D eigenvalue weighted by molar-refractivity contribution is -0.122. The van der Waals surface area contributed by atoms with Crippen molar-refractivity contribution in [3.05, 3.63) is 16.4 Å². The molecule has 0 aliphatic carbocycles. The van der Waals surface area contributed by atoms with Crippen molar-refractivity contribution in [2.24, 2.45) is 12.8 Å². The third kappa shape index (κ3) is 2.58. The van der Waals surface area contributed by atoms with Crippen molar-refractivity contribution >= 4 is 17.4 Å². The molecule has 15 heavy (non-hydrogen) atoms. The molecule has 0 aromatic carbocycles. The van der Waals surface area contributed by atoms with Crippen LogP contribution in [0.25, 0.3) is 0 Å². The van der Waals surface area contributed by atoms with Gasteiger partial charge in [-0.15, -0.1) is 0 Å². The van der Waals surface area contributed by atoms with Crippen molar-refractivity contribution in [3.63, 3.8) is 0 Å². The van der Waals surface area contributed by atoms with E-state index in [9.17, 15) is 4.79 Å². The van der Waals surface area contributed by atoms with Crippen LogP contribution in [0.1, 0.15) is 25.1 Å². The second-order valence-electron chi connectivity index (χ2n) is 4.30. The van der Waals surface area contributed by atoms with Crippen molar-refractivity contribution < 1.29 is 4.79 Å². The first kappa shape index (κ1) is 12.2. The molecule has 0 fully saturated rings. The van der Waals surface area contributed by atoms with Gasteiger partial charge in [0.05, 0.1) is 11.2 Å². The van der Waals surface area contributed by atoms with E-state index in [1.165, 1.54) is 0 Å². The molecule has 1 heterocycles. The molecule has 84 valence electrons. The minimum atomic E-state index is -0.828. The topological polar surface area (TPSA) is 60.9 Å². The molecule has 0 aliphatic rings. The molecule has 0 amide bonds. The highest BCUT2D eigenvalue weighted by atomic mass is 35.5. The van der Waals surface area contributed by atoms with Gasteiger partial charge in [0, 0.05) is 19.0 Å². The Kier molecular flexibility index (Phi) is 3.21. The normalized spacial score (nSPS) is 11.9. The standard InChI is InChI=1S/C10H16ClN3O/c1-6-7(9(11)14(4)13-6)5-8(15)10(2,3)12/h5,12H2,1-4H3. The second kappa shape index (κ2) is 3.94. The van der Waals surface area contributed by atoms with Crippen LogP contribution in [0.2, 0.25) is 5.15 Å². The molecule has 1 aromatic rings. The fourth-order valence-electron chi connectivity index (χ4n) is 1.26. The van der Waals surface area contributed by atoms with Crippen molar-refractivity contribution in [3.8, 4) is 0 Å². The highest BCUT2D eigenvalue weighted by molar-refractivity contribution is 6.30. The number of aromatic nitrogens is 2. The first-order chi connectivity index (χ1) is 6.73. The van der Waals surface area contributed by atoms with Gasteiger partial charge in [0.15, 0.2) is 5.78 Å². The summed E-state index contributed by atoms with van der Waals surface area (Å²) in [5.74, 6) is -0.0412. The molecular weight excluding hydrogens is 214 g/mol. The summed E-state index contributed by atoms with van der Waals surface area (Å²) < 4.78 is 1.56. The van der Waals surface area contributed by atoms with Crippen LogP contribution in [0.4, 0.5) is 0 Å². The highest BCUT2D eigenvalue weighted by Gasteiger charge is 2.24. The number of hydrogen-bond donors (Lipinski definition) is 1. The molecule has 5 heteroatoms. The predicted octanol–water partition coefficient (Wildman–Crippen LogP) is 1.23. The van der Waals surface area contributed by atoms with Gasteiger partial charge < -0.3 is 5.73 Å². The molecule has 0 radical (unpaired) electrons. The summed E-state index contributed by atoms with van der Waals surface area (Å²) in [6.45, 7) is 5.21. The minimum Gasteiger partial charge on any atom is -0.319 e. The summed E-state index contributed by atoms with van der Waals surface area (Å²) in [7, 11) is 1.75. The summed E-state index contributed by atoms with van der Waals surface area (Å²) in [5.41, 5.74) is 6.43. The van der Waals surface area contributed by atoms with E-state index in [2.05, 4.69) is 5.10 Å². The Balaban J connectivity index is 2.95. The van der Waals surface area contributed by atoms with Crippen LogP contribution in [-0.2, 0) is 18.3 Å². The van der Waals surface area contributed by atoms with Crippen LogP contribution < -0.4 is 5.73 Å². The quantitative estimate of drug-likeness (QED) is 0.848. The summed E-state index contributed by atoms with van der Waals surface area (Å²) in [5, 5.41) is 4.64. The number of nitrogens with two attached hydrogens (primary N) is 1. The van der Waals surface area contributed by atoms with Gasteiger partial charge in [-0.2, -0.15) is 5.10 Å². The van der Waals surface area contributed by atoms with Crippen molar-refractivity contribution in [2.45, 2.75) is 32.7 Å². The van der Waals surface area contributed by atoms with Crippen LogP contribution in [-0.4, -0.2) is 21.1 Å². The van der Waals surface area contributed by atoms with Gasteiger partial charge >= 0.3 is 0 Å². The van der Waals surface area contributed by atoms with Gasteiger partial charge in [-0.3, -0.25) is 9.48 Å². The number of nitrogens with zero attached hydrogens (tertiary/aromatic N) is 2. The van der Waals surface area contributed by atoms with E-state index >= 15 is 0 Å². The summed E-state index contributed by atoms with van der Waals surface area (Å²) in [6.07, 6.45) is 0.238. The molecule has 0 aliphatic heterocycles. The predicted molar refractivity (Wildman–Crippen MR) is 59.9 cm³/mol. The second-order valence-corrected chi connectivity index (χ2v) is 4.66. The Morgan fingerprint density at radius 3 is 2.47 bits per heavy atom. The van der Waals surface area contributed by atoms with Crippen LogP contribution in [0.3, 0.4) is 0 Å². The van der Waals surface area contributed by atoms with E-state index < -0.39 is 5.54 Å². The van der Waals surface area contributed by atoms with E-state index in [1.54, 1.807) is 25.6 Å². The fourth-order valence-corrected chi connectivity index (χ4v) is 1.50. The first-order valence-corrected chi connectivity index (χ1v) is 5.11. The zero-order valence-corrected chi connectivity index (χ0v) is 10.2. The van der Waals surface area contributed by atoms with Crippen LogP contribution >= 0.6 is 11.6 Å². The Morgan fingerprint density at radius 1 is 1.60 bits per heavy atom. The van der Waals surface area contributed by atoms with Crippen LogP contribution in [0.5, 0.6) is 0 Å². The number of ketones is 1. The van der Waals surface area contributed by atoms with Crippen LogP contribution in [0, 0.1) is 6.92 Å². The number of aryl methyl sites for hydroxylation is 2. The van der Waals surface area contributed by atoms with Crippen molar-refractivity contribution in [2.75, 3.05) is 0 Å². The zero-order valence-electron chi connectivity index (χ0n) is 9.47. The molecule has 0 atom stereocenters. The average Bonchev–Trinajstić information content (AvgIpc) is 2.30. The number of halogens is 1. The maximum Gasteiger partial charge on any atom is 0.156 e. The number of Topliss-reactive ketones (excluding diaryl/α,β-unsaturated/α-hetero) is 1. The SMILES string of the molecule is Cc1nn(C)c(Cl)c1CC(=O)C(C)(C)N. The number of hydrogen-bond acceptors (Lipinski definition) is 3.